The molecule has 0 fully saturated rings. The number of benzene rings is 1. The first-order valence-corrected chi connectivity index (χ1v) is 6.53. The van der Waals surface area contributed by atoms with Gasteiger partial charge in [0.2, 0.25) is 0 Å². The molecule has 0 atom stereocenters. The lowest BCUT2D eigenvalue weighted by molar-refractivity contribution is 0.627. The van der Waals surface area contributed by atoms with Gasteiger partial charge in [-0.2, -0.15) is 5.10 Å². The fourth-order valence-corrected chi connectivity index (χ4v) is 1.65. The van der Waals surface area contributed by atoms with Gasteiger partial charge >= 0.3 is 0 Å². The Bertz CT molecular complexity index is 648. The van der Waals surface area contributed by atoms with E-state index in [0.717, 1.165) is 17.0 Å². The van der Waals surface area contributed by atoms with Crippen LogP contribution >= 0.6 is 24.0 Å². The second-order valence-electron chi connectivity index (χ2n) is 4.74. The molecule has 118 valence electrons. The third-order valence-electron chi connectivity index (χ3n) is 2.72. The van der Waals surface area contributed by atoms with E-state index in [1.54, 1.807) is 23.0 Å². The van der Waals surface area contributed by atoms with Gasteiger partial charge in [0.15, 0.2) is 5.96 Å². The van der Waals surface area contributed by atoms with E-state index in [1.807, 2.05) is 13.0 Å². The first-order valence-electron chi connectivity index (χ1n) is 6.53. The minimum atomic E-state index is -0.271. The van der Waals surface area contributed by atoms with E-state index in [0.29, 0.717) is 19.0 Å². The largest absolute Gasteiger partial charge is 0.370 e. The summed E-state index contributed by atoms with van der Waals surface area (Å²) in [4.78, 5) is 4.19. The van der Waals surface area contributed by atoms with Crippen molar-refractivity contribution in [2.45, 2.75) is 13.5 Å². The fourth-order valence-electron chi connectivity index (χ4n) is 1.65. The molecule has 7 heteroatoms. The molecule has 5 nitrogen and oxygen atoms in total. The highest BCUT2D eigenvalue weighted by Gasteiger charge is 2.01. The summed E-state index contributed by atoms with van der Waals surface area (Å²) in [5, 5.41) is 7.31. The second kappa shape index (κ2) is 8.52. The first kappa shape index (κ1) is 18.1. The average molecular weight is 415 g/mol. The van der Waals surface area contributed by atoms with Gasteiger partial charge in [-0.3, -0.25) is 0 Å². The molecule has 0 unspecified atom stereocenters. The highest BCUT2D eigenvalue weighted by molar-refractivity contribution is 14.0. The van der Waals surface area contributed by atoms with Crippen molar-refractivity contribution in [2.24, 2.45) is 10.7 Å². The molecule has 2 rings (SSSR count). The molecule has 0 saturated carbocycles. The summed E-state index contributed by atoms with van der Waals surface area (Å²) in [6.45, 7) is 6.66. The predicted octanol–water partition coefficient (Wildman–Crippen LogP) is 2.61. The van der Waals surface area contributed by atoms with E-state index in [9.17, 15) is 4.39 Å². The molecule has 3 N–H and O–H groups in total. The number of rotatable bonds is 5. The number of halogens is 2. The number of nitrogens with one attached hydrogen (secondary N) is 1. The van der Waals surface area contributed by atoms with Crippen LogP contribution in [0.5, 0.6) is 0 Å². The monoisotopic (exact) mass is 415 g/mol. The minimum Gasteiger partial charge on any atom is -0.370 e. The highest BCUT2D eigenvalue weighted by Crippen LogP contribution is 2.09. The van der Waals surface area contributed by atoms with E-state index >= 15 is 0 Å². The molecule has 0 spiro atoms. The van der Waals surface area contributed by atoms with Gasteiger partial charge in [0, 0.05) is 12.7 Å². The van der Waals surface area contributed by atoms with Crippen molar-refractivity contribution < 1.29 is 4.39 Å². The van der Waals surface area contributed by atoms with Crippen molar-refractivity contribution >= 4 is 29.9 Å². The number of aliphatic imine (C=N–C) groups is 1. The quantitative estimate of drug-likeness (QED) is 0.342. The molecule has 0 bridgehead atoms. The van der Waals surface area contributed by atoms with Gasteiger partial charge in [0.25, 0.3) is 0 Å². The van der Waals surface area contributed by atoms with Gasteiger partial charge < -0.3 is 11.1 Å². The molecule has 1 heterocycles. The summed E-state index contributed by atoms with van der Waals surface area (Å²) >= 11 is 0. The van der Waals surface area contributed by atoms with Crippen LogP contribution in [0.25, 0.3) is 5.69 Å². The van der Waals surface area contributed by atoms with Crippen LogP contribution in [0, 0.1) is 5.82 Å². The fraction of sp³-hybridized carbons (Fsp3) is 0.200. The Morgan fingerprint density at radius 2 is 2.05 bits per heavy atom. The summed E-state index contributed by atoms with van der Waals surface area (Å²) in [5.41, 5.74) is 8.28. The number of nitrogens with two attached hydrogens (primary N) is 1. The number of hydrogen-bond acceptors (Lipinski definition) is 2. The van der Waals surface area contributed by atoms with Crippen LogP contribution in [-0.2, 0) is 6.54 Å². The molecule has 22 heavy (non-hydrogen) atoms. The Kier molecular flexibility index (Phi) is 7.03. The maximum atomic E-state index is 12.9. The highest BCUT2D eigenvalue weighted by atomic mass is 127. The predicted molar refractivity (Wildman–Crippen MR) is 97.1 cm³/mol. The van der Waals surface area contributed by atoms with Crippen LogP contribution in [0.4, 0.5) is 4.39 Å². The second-order valence-corrected chi connectivity index (χ2v) is 4.74. The van der Waals surface area contributed by atoms with Crippen molar-refractivity contribution in [3.63, 3.8) is 0 Å². The summed E-state index contributed by atoms with van der Waals surface area (Å²) < 4.78 is 14.5. The van der Waals surface area contributed by atoms with Crippen LogP contribution in [0.2, 0.25) is 0 Å². The molecule has 0 saturated heterocycles. The molecule has 0 amide bonds. The molecule has 0 aliphatic rings. The van der Waals surface area contributed by atoms with Crippen molar-refractivity contribution in [2.75, 3.05) is 6.54 Å². The molecular weight excluding hydrogens is 396 g/mol. The molecule has 0 radical (unpaired) electrons. The molecule has 0 aliphatic heterocycles. The maximum absolute atomic E-state index is 12.9. The van der Waals surface area contributed by atoms with Gasteiger partial charge in [-0.15, -0.1) is 24.0 Å². The summed E-state index contributed by atoms with van der Waals surface area (Å²) in [6.07, 6.45) is 1.80. The van der Waals surface area contributed by atoms with E-state index in [1.165, 1.54) is 12.1 Å². The van der Waals surface area contributed by atoms with Gasteiger partial charge in [-0.1, -0.05) is 12.2 Å². The Morgan fingerprint density at radius 1 is 1.36 bits per heavy atom. The van der Waals surface area contributed by atoms with Crippen LogP contribution in [0.1, 0.15) is 12.6 Å². The zero-order valence-corrected chi connectivity index (χ0v) is 14.6. The summed E-state index contributed by atoms with van der Waals surface area (Å²) in [6, 6.07) is 7.97. The van der Waals surface area contributed by atoms with Crippen molar-refractivity contribution in [3.05, 3.63) is 60.2 Å². The number of guanidine groups is 1. The van der Waals surface area contributed by atoms with Gasteiger partial charge in [-0.25, -0.2) is 14.1 Å². The van der Waals surface area contributed by atoms with Crippen LogP contribution < -0.4 is 11.1 Å². The van der Waals surface area contributed by atoms with E-state index in [-0.39, 0.29) is 29.8 Å². The molecular formula is C15H19FIN5. The van der Waals surface area contributed by atoms with E-state index < -0.39 is 0 Å². The molecule has 1 aromatic carbocycles. The lowest BCUT2D eigenvalue weighted by Crippen LogP contribution is -2.32. The molecule has 2 aromatic rings. The van der Waals surface area contributed by atoms with E-state index in [4.69, 9.17) is 5.73 Å². The van der Waals surface area contributed by atoms with Crippen molar-refractivity contribution in [1.29, 1.82) is 0 Å². The molecule has 0 aliphatic carbocycles. The van der Waals surface area contributed by atoms with Gasteiger partial charge in [-0.05, 0) is 37.3 Å². The van der Waals surface area contributed by atoms with Crippen molar-refractivity contribution in [3.8, 4) is 5.69 Å². The molecule has 1 aromatic heterocycles. The third kappa shape index (κ3) is 5.47. The number of nitrogens with zero attached hydrogens (tertiary/aromatic N) is 3. The standard InChI is InChI=1S/C15H18FN5.HI/c1-11(2)9-18-15(17)19-10-13-7-8-21(20-13)14-5-3-12(16)4-6-14;/h3-8H,1,9-10H2,2H3,(H3,17,18,19);1H. The van der Waals surface area contributed by atoms with Crippen LogP contribution in [0.3, 0.4) is 0 Å². The van der Waals surface area contributed by atoms with Gasteiger partial charge in [0.05, 0.1) is 17.9 Å². The Labute approximate surface area is 146 Å². The van der Waals surface area contributed by atoms with Gasteiger partial charge in [0.1, 0.15) is 5.82 Å². The zero-order chi connectivity index (χ0) is 15.2. The first-order chi connectivity index (χ1) is 10.0. The third-order valence-corrected chi connectivity index (χ3v) is 2.72. The minimum absolute atomic E-state index is 0. The zero-order valence-electron chi connectivity index (χ0n) is 12.3. The van der Waals surface area contributed by atoms with Crippen LogP contribution in [0.15, 0.2) is 53.7 Å². The number of hydrogen-bond donors (Lipinski definition) is 2. The Morgan fingerprint density at radius 3 is 2.68 bits per heavy atom. The van der Waals surface area contributed by atoms with Crippen LogP contribution in [-0.4, -0.2) is 22.3 Å². The maximum Gasteiger partial charge on any atom is 0.189 e. The normalized spacial score (nSPS) is 10.9. The lowest BCUT2D eigenvalue weighted by atomic mass is 10.3. The summed E-state index contributed by atoms with van der Waals surface area (Å²) in [5.74, 6) is 0.0846. The number of aromatic nitrogens is 2. The van der Waals surface area contributed by atoms with E-state index in [2.05, 4.69) is 22.0 Å². The smallest absolute Gasteiger partial charge is 0.189 e. The Hall–Kier alpha value is -1.90. The van der Waals surface area contributed by atoms with Crippen molar-refractivity contribution in [1.82, 2.24) is 15.1 Å². The summed E-state index contributed by atoms with van der Waals surface area (Å²) in [7, 11) is 0. The average Bonchev–Trinajstić information content (AvgIpc) is 2.92. The Balaban J connectivity index is 0.00000242. The lowest BCUT2D eigenvalue weighted by Gasteiger charge is -2.04. The SMILES string of the molecule is C=C(C)CNC(N)=NCc1ccn(-c2ccc(F)cc2)n1.I. The topological polar surface area (TPSA) is 68.2 Å².